The van der Waals surface area contributed by atoms with Crippen LogP contribution in [-0.2, 0) is 4.79 Å². The lowest BCUT2D eigenvalue weighted by atomic mass is 9.80. The van der Waals surface area contributed by atoms with Gasteiger partial charge in [-0.2, -0.15) is 0 Å². The predicted octanol–water partition coefficient (Wildman–Crippen LogP) is 5.42. The standard InChI is InChI=1S/C28H32N2O3/c1-19(25-11-5-7-21-6-2-3-10-26(21)25)30-24-9-4-8-23(18-24)20-12-14-22(15-13-20)28(33)29-17-16-27(31)32/h2-3,5-7,10-15,19,23-24,30H,4,8-9,16-18H2,1H3,(H,29,33)(H,31,32)/t19-,23+,24+/m1/s1. The molecule has 5 nitrogen and oxygen atoms in total. The van der Waals surface area contributed by atoms with E-state index in [-0.39, 0.29) is 24.9 Å². The largest absolute Gasteiger partial charge is 0.481 e. The smallest absolute Gasteiger partial charge is 0.305 e. The lowest BCUT2D eigenvalue weighted by molar-refractivity contribution is -0.136. The minimum Gasteiger partial charge on any atom is -0.481 e. The second-order valence-corrected chi connectivity index (χ2v) is 9.04. The Bertz CT molecular complexity index is 1100. The zero-order chi connectivity index (χ0) is 23.2. The Morgan fingerprint density at radius 3 is 2.55 bits per heavy atom. The lowest BCUT2D eigenvalue weighted by Gasteiger charge is -2.32. The number of fused-ring (bicyclic) bond motifs is 1. The van der Waals surface area contributed by atoms with Crippen LogP contribution in [0.15, 0.2) is 66.7 Å². The van der Waals surface area contributed by atoms with E-state index >= 15 is 0 Å². The molecule has 33 heavy (non-hydrogen) atoms. The number of carboxylic acids is 1. The van der Waals surface area contributed by atoms with Gasteiger partial charge in [-0.05, 0) is 66.1 Å². The topological polar surface area (TPSA) is 78.4 Å². The molecule has 0 bridgehead atoms. The van der Waals surface area contributed by atoms with E-state index in [4.69, 9.17) is 5.11 Å². The minimum atomic E-state index is -0.916. The quantitative estimate of drug-likeness (QED) is 0.433. The van der Waals surface area contributed by atoms with Gasteiger partial charge in [-0.25, -0.2) is 0 Å². The average Bonchev–Trinajstić information content (AvgIpc) is 2.83. The molecule has 3 atom stereocenters. The van der Waals surface area contributed by atoms with Gasteiger partial charge in [0.15, 0.2) is 0 Å². The van der Waals surface area contributed by atoms with E-state index < -0.39 is 5.97 Å². The first-order valence-corrected chi connectivity index (χ1v) is 11.8. The van der Waals surface area contributed by atoms with Gasteiger partial charge in [0.25, 0.3) is 5.91 Å². The van der Waals surface area contributed by atoms with Crippen molar-refractivity contribution >= 4 is 22.6 Å². The maximum atomic E-state index is 12.2. The first-order valence-electron chi connectivity index (χ1n) is 11.8. The number of hydrogen-bond acceptors (Lipinski definition) is 3. The molecule has 0 aromatic heterocycles. The number of carbonyl (C=O) groups is 2. The molecule has 3 aromatic carbocycles. The molecular weight excluding hydrogens is 412 g/mol. The summed E-state index contributed by atoms with van der Waals surface area (Å²) >= 11 is 0. The van der Waals surface area contributed by atoms with Crippen molar-refractivity contribution < 1.29 is 14.7 Å². The van der Waals surface area contributed by atoms with E-state index in [9.17, 15) is 9.59 Å². The van der Waals surface area contributed by atoms with Gasteiger partial charge in [0, 0.05) is 24.2 Å². The summed E-state index contributed by atoms with van der Waals surface area (Å²) in [6.07, 6.45) is 4.53. The molecule has 1 saturated carbocycles. The van der Waals surface area contributed by atoms with Crippen LogP contribution in [0.5, 0.6) is 0 Å². The number of carboxylic acid groups (broad SMARTS) is 1. The van der Waals surface area contributed by atoms with Crippen LogP contribution in [0.1, 0.15) is 72.5 Å². The highest BCUT2D eigenvalue weighted by molar-refractivity contribution is 5.94. The van der Waals surface area contributed by atoms with Crippen molar-refractivity contribution in [1.82, 2.24) is 10.6 Å². The second-order valence-electron chi connectivity index (χ2n) is 9.04. The minimum absolute atomic E-state index is 0.0719. The third kappa shape index (κ3) is 5.79. The molecule has 0 aliphatic heterocycles. The predicted molar refractivity (Wildman–Crippen MR) is 132 cm³/mol. The van der Waals surface area contributed by atoms with E-state index in [1.165, 1.54) is 34.7 Å². The molecule has 172 valence electrons. The van der Waals surface area contributed by atoms with E-state index in [0.717, 1.165) is 12.8 Å². The zero-order valence-corrected chi connectivity index (χ0v) is 19.1. The van der Waals surface area contributed by atoms with Gasteiger partial charge in [-0.3, -0.25) is 9.59 Å². The second kappa shape index (κ2) is 10.6. The highest BCUT2D eigenvalue weighted by Crippen LogP contribution is 2.34. The number of aliphatic carboxylic acids is 1. The van der Waals surface area contributed by atoms with Gasteiger partial charge in [-0.1, -0.05) is 61.0 Å². The molecule has 4 rings (SSSR count). The van der Waals surface area contributed by atoms with Gasteiger partial charge in [-0.15, -0.1) is 0 Å². The van der Waals surface area contributed by atoms with Crippen molar-refractivity contribution in [2.24, 2.45) is 0 Å². The van der Waals surface area contributed by atoms with Crippen LogP contribution in [0.4, 0.5) is 0 Å². The van der Waals surface area contributed by atoms with Crippen LogP contribution in [0.25, 0.3) is 10.8 Å². The number of benzene rings is 3. The van der Waals surface area contributed by atoms with Crippen LogP contribution >= 0.6 is 0 Å². The van der Waals surface area contributed by atoms with Crippen LogP contribution in [-0.4, -0.2) is 29.6 Å². The molecule has 0 spiro atoms. The molecule has 0 radical (unpaired) electrons. The van der Waals surface area contributed by atoms with Crippen molar-refractivity contribution in [3.05, 3.63) is 83.4 Å². The Morgan fingerprint density at radius 2 is 1.76 bits per heavy atom. The summed E-state index contributed by atoms with van der Waals surface area (Å²) in [6.45, 7) is 2.39. The maximum Gasteiger partial charge on any atom is 0.305 e. The highest BCUT2D eigenvalue weighted by atomic mass is 16.4. The van der Waals surface area contributed by atoms with E-state index in [1.807, 2.05) is 24.3 Å². The van der Waals surface area contributed by atoms with Crippen molar-refractivity contribution in [3.8, 4) is 0 Å². The number of nitrogens with one attached hydrogen (secondary N) is 2. The normalized spacial score (nSPS) is 19.2. The summed E-state index contributed by atoms with van der Waals surface area (Å²) < 4.78 is 0. The molecular formula is C28H32N2O3. The van der Waals surface area contributed by atoms with Gasteiger partial charge in [0.05, 0.1) is 6.42 Å². The van der Waals surface area contributed by atoms with Crippen molar-refractivity contribution in [1.29, 1.82) is 0 Å². The summed E-state index contributed by atoms with van der Waals surface area (Å²) in [5.41, 5.74) is 3.18. The molecule has 0 saturated heterocycles. The van der Waals surface area contributed by atoms with E-state index in [0.29, 0.717) is 17.5 Å². The molecule has 0 unspecified atom stereocenters. The summed E-state index contributed by atoms with van der Waals surface area (Å²) in [6, 6.07) is 23.6. The third-order valence-corrected chi connectivity index (χ3v) is 6.72. The molecule has 0 heterocycles. The van der Waals surface area contributed by atoms with Gasteiger partial charge in [0.1, 0.15) is 0 Å². The molecule has 3 N–H and O–H groups in total. The fourth-order valence-corrected chi connectivity index (χ4v) is 5.01. The average molecular weight is 445 g/mol. The Kier molecular flexibility index (Phi) is 7.40. The first kappa shape index (κ1) is 23.0. The Labute approximate surface area is 195 Å². The van der Waals surface area contributed by atoms with Gasteiger partial charge >= 0.3 is 5.97 Å². The summed E-state index contributed by atoms with van der Waals surface area (Å²) in [4.78, 5) is 22.8. The van der Waals surface area contributed by atoms with Crippen LogP contribution in [0.3, 0.4) is 0 Å². The fraction of sp³-hybridized carbons (Fsp3) is 0.357. The van der Waals surface area contributed by atoms with E-state index in [2.05, 4.69) is 60.0 Å². The molecule has 5 heteroatoms. The summed E-state index contributed by atoms with van der Waals surface area (Å²) in [5, 5.41) is 17.8. The Morgan fingerprint density at radius 1 is 1.00 bits per heavy atom. The Hall–Kier alpha value is -3.18. The third-order valence-electron chi connectivity index (χ3n) is 6.72. The Balaban J connectivity index is 1.37. The van der Waals surface area contributed by atoms with Gasteiger partial charge in [0.2, 0.25) is 0 Å². The van der Waals surface area contributed by atoms with Crippen LogP contribution < -0.4 is 10.6 Å². The number of carbonyl (C=O) groups excluding carboxylic acids is 1. The monoisotopic (exact) mass is 444 g/mol. The maximum absolute atomic E-state index is 12.2. The number of rotatable bonds is 8. The van der Waals surface area contributed by atoms with Crippen molar-refractivity contribution in [3.63, 3.8) is 0 Å². The fourth-order valence-electron chi connectivity index (χ4n) is 5.01. The number of amides is 1. The van der Waals surface area contributed by atoms with Crippen LogP contribution in [0, 0.1) is 0 Å². The molecule has 3 aromatic rings. The highest BCUT2D eigenvalue weighted by Gasteiger charge is 2.25. The van der Waals surface area contributed by atoms with E-state index in [1.54, 1.807) is 0 Å². The van der Waals surface area contributed by atoms with Gasteiger partial charge < -0.3 is 15.7 Å². The van der Waals surface area contributed by atoms with Crippen molar-refractivity contribution in [2.75, 3.05) is 6.54 Å². The zero-order valence-electron chi connectivity index (χ0n) is 19.1. The summed E-state index contributed by atoms with van der Waals surface area (Å²) in [5.74, 6) is -0.670. The van der Waals surface area contributed by atoms with Crippen LogP contribution in [0.2, 0.25) is 0 Å². The first-order chi connectivity index (χ1) is 16.0. The number of hydrogen-bond donors (Lipinski definition) is 3. The molecule has 1 aliphatic rings. The van der Waals surface area contributed by atoms with Crippen molar-refractivity contribution in [2.45, 2.75) is 57.0 Å². The SMILES string of the molecule is C[C@@H](N[C@H]1CCC[C@H](c2ccc(C(=O)NCCC(=O)O)cc2)C1)c1cccc2ccccc12. The lowest BCUT2D eigenvalue weighted by Crippen LogP contribution is -2.35. The molecule has 1 fully saturated rings. The molecule has 1 amide bonds. The molecule has 1 aliphatic carbocycles. The summed E-state index contributed by atoms with van der Waals surface area (Å²) in [7, 11) is 0.